The molecule has 3 rings (SSSR count). The van der Waals surface area contributed by atoms with Gasteiger partial charge in [-0.1, -0.05) is 31.5 Å². The number of hydrogen-bond donors (Lipinski definition) is 1. The Kier molecular flexibility index (Phi) is 3.79. The second-order valence-electron chi connectivity index (χ2n) is 5.37. The van der Waals surface area contributed by atoms with Gasteiger partial charge in [0.15, 0.2) is 0 Å². The van der Waals surface area contributed by atoms with Gasteiger partial charge < -0.3 is 14.6 Å². The predicted molar refractivity (Wildman–Crippen MR) is 83.4 cm³/mol. The van der Waals surface area contributed by atoms with Crippen LogP contribution in [0.4, 0.5) is 0 Å². The summed E-state index contributed by atoms with van der Waals surface area (Å²) >= 11 is 0. The molecule has 1 atom stereocenters. The Bertz CT molecular complexity index is 627. The first-order valence-electron chi connectivity index (χ1n) is 7.39. The number of aromatic nitrogens is 1. The van der Waals surface area contributed by atoms with Gasteiger partial charge in [0.05, 0.1) is 24.9 Å². The number of fused-ring (bicyclic) bond motifs is 1. The molecule has 1 aliphatic heterocycles. The van der Waals surface area contributed by atoms with E-state index in [-0.39, 0.29) is 0 Å². The van der Waals surface area contributed by atoms with Crippen molar-refractivity contribution in [3.05, 3.63) is 42.3 Å². The summed E-state index contributed by atoms with van der Waals surface area (Å²) in [5.74, 6) is 1.58. The molecule has 2 aromatic rings. The minimum Gasteiger partial charge on any atom is -0.498 e. The summed E-state index contributed by atoms with van der Waals surface area (Å²) in [5.41, 5.74) is 2.59. The molecule has 3 nitrogen and oxygen atoms in total. The highest BCUT2D eigenvalue weighted by Crippen LogP contribution is 2.31. The molecule has 20 heavy (non-hydrogen) atoms. The Hall–Kier alpha value is -1.74. The van der Waals surface area contributed by atoms with Crippen molar-refractivity contribution in [2.75, 3.05) is 20.2 Å². The molecule has 106 valence electrons. The van der Waals surface area contributed by atoms with Gasteiger partial charge in [0.1, 0.15) is 5.76 Å². The summed E-state index contributed by atoms with van der Waals surface area (Å²) in [4.78, 5) is 0. The molecule has 0 bridgehead atoms. The van der Waals surface area contributed by atoms with Crippen LogP contribution in [0.25, 0.3) is 16.6 Å². The van der Waals surface area contributed by atoms with E-state index in [1.807, 2.05) is 0 Å². The molecule has 2 heterocycles. The first-order valence-corrected chi connectivity index (χ1v) is 7.39. The van der Waals surface area contributed by atoms with Gasteiger partial charge in [0.2, 0.25) is 0 Å². The molecular formula is C17H22N2O. The highest BCUT2D eigenvalue weighted by molar-refractivity contribution is 5.84. The number of benzene rings is 1. The zero-order chi connectivity index (χ0) is 13.9. The number of ether oxygens (including phenoxy) is 1. The van der Waals surface area contributed by atoms with E-state index in [2.05, 4.69) is 53.3 Å². The van der Waals surface area contributed by atoms with Crippen molar-refractivity contribution >= 4 is 16.6 Å². The molecule has 1 aliphatic rings. The van der Waals surface area contributed by atoms with E-state index in [1.54, 1.807) is 7.11 Å². The number of nitrogens with one attached hydrogen (secondary N) is 1. The van der Waals surface area contributed by atoms with E-state index < -0.39 is 0 Å². The van der Waals surface area contributed by atoms with Crippen LogP contribution in [0.2, 0.25) is 0 Å². The molecule has 0 saturated heterocycles. The molecule has 3 heteroatoms. The number of hydrogen-bond acceptors (Lipinski definition) is 2. The fourth-order valence-electron chi connectivity index (χ4n) is 3.16. The molecule has 0 radical (unpaired) electrons. The van der Waals surface area contributed by atoms with Gasteiger partial charge in [0.25, 0.3) is 0 Å². The molecule has 0 aliphatic carbocycles. The molecule has 0 spiro atoms. The predicted octanol–water partition coefficient (Wildman–Crippen LogP) is 3.48. The number of methoxy groups -OCH3 is 1. The third-order valence-corrected chi connectivity index (χ3v) is 4.09. The van der Waals surface area contributed by atoms with Crippen LogP contribution in [0.5, 0.6) is 0 Å². The van der Waals surface area contributed by atoms with Crippen LogP contribution in [0, 0.1) is 5.92 Å². The third-order valence-electron chi connectivity index (χ3n) is 4.09. The van der Waals surface area contributed by atoms with E-state index in [9.17, 15) is 0 Å². The molecule has 1 N–H and O–H groups in total. The number of rotatable bonds is 4. The minimum atomic E-state index is 0.513. The smallest absolute Gasteiger partial charge is 0.129 e. The zero-order valence-electron chi connectivity index (χ0n) is 12.2. The van der Waals surface area contributed by atoms with Crippen molar-refractivity contribution in [2.24, 2.45) is 5.92 Å². The zero-order valence-corrected chi connectivity index (χ0v) is 12.2. The lowest BCUT2D eigenvalue weighted by Crippen LogP contribution is -2.34. The first-order chi connectivity index (χ1) is 9.85. The van der Waals surface area contributed by atoms with Crippen LogP contribution >= 0.6 is 0 Å². The minimum absolute atomic E-state index is 0.513. The summed E-state index contributed by atoms with van der Waals surface area (Å²) in [7, 11) is 1.77. The molecule has 0 fully saturated rings. The van der Waals surface area contributed by atoms with Crippen molar-refractivity contribution in [2.45, 2.75) is 19.8 Å². The Labute approximate surface area is 120 Å². The number of para-hydroxylation sites is 1. The highest BCUT2D eigenvalue weighted by atomic mass is 16.5. The average Bonchev–Trinajstić information content (AvgIpc) is 2.91. The van der Waals surface area contributed by atoms with Crippen LogP contribution in [0.3, 0.4) is 0 Å². The second kappa shape index (κ2) is 5.71. The van der Waals surface area contributed by atoms with Gasteiger partial charge in [-0.25, -0.2) is 0 Å². The largest absolute Gasteiger partial charge is 0.498 e. The van der Waals surface area contributed by atoms with Gasteiger partial charge >= 0.3 is 0 Å². The van der Waals surface area contributed by atoms with E-state index in [4.69, 9.17) is 4.74 Å². The second-order valence-corrected chi connectivity index (χ2v) is 5.37. The first kappa shape index (κ1) is 13.3. The maximum Gasteiger partial charge on any atom is 0.129 e. The molecule has 1 aromatic heterocycles. The van der Waals surface area contributed by atoms with Gasteiger partial charge in [-0.15, -0.1) is 0 Å². The lowest BCUT2D eigenvalue weighted by Gasteiger charge is -2.29. The Morgan fingerprint density at radius 2 is 2.15 bits per heavy atom. The van der Waals surface area contributed by atoms with Crippen molar-refractivity contribution in [1.29, 1.82) is 0 Å². The van der Waals surface area contributed by atoms with Crippen molar-refractivity contribution < 1.29 is 4.74 Å². The summed E-state index contributed by atoms with van der Waals surface area (Å²) in [6.45, 7) is 4.09. The monoisotopic (exact) mass is 270 g/mol. The Balaban J connectivity index is 2.14. The third kappa shape index (κ3) is 2.22. The van der Waals surface area contributed by atoms with Gasteiger partial charge in [-0.3, -0.25) is 0 Å². The standard InChI is InChI=1S/C17H22N2O/c1-3-6-14-11-18-12-16(20-2)17(14)19-10-9-13-7-4-5-8-15(13)19/h4-5,7-10,14,18H,3,6,11-12H2,1-2H3. The van der Waals surface area contributed by atoms with Crippen molar-refractivity contribution in [1.82, 2.24) is 9.88 Å². The van der Waals surface area contributed by atoms with Gasteiger partial charge in [0, 0.05) is 18.7 Å². The van der Waals surface area contributed by atoms with E-state index in [0.717, 1.165) is 18.8 Å². The summed E-state index contributed by atoms with van der Waals surface area (Å²) < 4.78 is 7.96. The Morgan fingerprint density at radius 1 is 1.30 bits per heavy atom. The van der Waals surface area contributed by atoms with E-state index in [0.29, 0.717) is 5.92 Å². The van der Waals surface area contributed by atoms with E-state index >= 15 is 0 Å². The van der Waals surface area contributed by atoms with Crippen LogP contribution in [-0.2, 0) is 4.74 Å². The normalized spacial score (nSPS) is 19.6. The SMILES string of the molecule is CCCC1CNCC(OC)=C1n1ccc2ccccc21. The molecule has 1 unspecified atom stereocenters. The van der Waals surface area contributed by atoms with Gasteiger partial charge in [-0.05, 0) is 23.9 Å². The lowest BCUT2D eigenvalue weighted by atomic mass is 9.95. The molecular weight excluding hydrogens is 248 g/mol. The summed E-state index contributed by atoms with van der Waals surface area (Å²) in [6, 6.07) is 10.7. The topological polar surface area (TPSA) is 26.2 Å². The van der Waals surface area contributed by atoms with Gasteiger partial charge in [-0.2, -0.15) is 0 Å². The quantitative estimate of drug-likeness (QED) is 0.920. The maximum atomic E-state index is 5.65. The van der Waals surface area contributed by atoms with Crippen LogP contribution in [0.1, 0.15) is 19.8 Å². The van der Waals surface area contributed by atoms with Crippen LogP contribution in [-0.4, -0.2) is 24.8 Å². The molecule has 0 amide bonds. The van der Waals surface area contributed by atoms with Crippen LogP contribution < -0.4 is 5.32 Å². The molecule has 1 aromatic carbocycles. The Morgan fingerprint density at radius 3 is 2.95 bits per heavy atom. The average molecular weight is 270 g/mol. The summed E-state index contributed by atoms with van der Waals surface area (Å²) in [5, 5.41) is 4.75. The lowest BCUT2D eigenvalue weighted by molar-refractivity contribution is 0.264. The highest BCUT2D eigenvalue weighted by Gasteiger charge is 2.25. The van der Waals surface area contributed by atoms with Crippen LogP contribution in [0.15, 0.2) is 42.3 Å². The van der Waals surface area contributed by atoms with E-state index in [1.165, 1.54) is 29.4 Å². The molecule has 0 saturated carbocycles. The fraction of sp³-hybridized carbons (Fsp3) is 0.412. The fourth-order valence-corrected chi connectivity index (χ4v) is 3.16. The number of nitrogens with zero attached hydrogens (tertiary/aromatic N) is 1. The van der Waals surface area contributed by atoms with Crippen molar-refractivity contribution in [3.8, 4) is 0 Å². The van der Waals surface area contributed by atoms with Crippen molar-refractivity contribution in [3.63, 3.8) is 0 Å². The maximum absolute atomic E-state index is 5.65. The summed E-state index contributed by atoms with van der Waals surface area (Å²) in [6.07, 6.45) is 4.54.